The van der Waals surface area contributed by atoms with Crippen molar-refractivity contribution >= 4 is 12.0 Å². The number of nitrogens with two attached hydrogens (primary N) is 2. The Kier molecular flexibility index (Phi) is 8.60. The van der Waals surface area contributed by atoms with Gasteiger partial charge in [-0.2, -0.15) is 0 Å². The Hall–Kier alpha value is -4.08. The molecule has 37 heavy (non-hydrogen) atoms. The van der Waals surface area contributed by atoms with Crippen molar-refractivity contribution in [3.63, 3.8) is 0 Å². The minimum atomic E-state index is -1.02. The van der Waals surface area contributed by atoms with Crippen LogP contribution in [0.5, 0.6) is 23.0 Å². The molecule has 4 rings (SSSR count). The maximum absolute atomic E-state index is 13.2. The molecule has 0 bridgehead atoms. The molecule has 3 aromatic carbocycles. The van der Waals surface area contributed by atoms with Gasteiger partial charge < -0.3 is 36.7 Å². The number of hydrogen-bond donors (Lipinski definition) is 5. The first-order valence-corrected chi connectivity index (χ1v) is 12.3. The van der Waals surface area contributed by atoms with Gasteiger partial charge in [-0.25, -0.2) is 4.79 Å². The molecule has 0 aromatic heterocycles. The zero-order chi connectivity index (χ0) is 26.2. The van der Waals surface area contributed by atoms with Crippen molar-refractivity contribution in [2.75, 3.05) is 0 Å². The first-order valence-electron chi connectivity index (χ1n) is 12.3. The zero-order valence-electron chi connectivity index (χ0n) is 20.5. The van der Waals surface area contributed by atoms with Crippen LogP contribution in [0.2, 0.25) is 0 Å². The van der Waals surface area contributed by atoms with E-state index in [2.05, 4.69) is 10.6 Å². The van der Waals surface area contributed by atoms with Gasteiger partial charge in [0.05, 0.1) is 0 Å². The zero-order valence-corrected chi connectivity index (χ0v) is 20.5. The van der Waals surface area contributed by atoms with Crippen LogP contribution in [-0.4, -0.2) is 29.2 Å². The van der Waals surface area contributed by atoms with Crippen LogP contribution in [0.3, 0.4) is 0 Å². The Morgan fingerprint density at radius 1 is 0.703 bits per heavy atom. The molecule has 0 saturated heterocycles. The Labute approximate surface area is 215 Å². The van der Waals surface area contributed by atoms with Gasteiger partial charge in [-0.15, -0.1) is 0 Å². The quantitative estimate of drug-likeness (QED) is 0.288. The van der Waals surface area contributed by atoms with Crippen molar-refractivity contribution in [3.05, 3.63) is 83.4 Å². The third-order valence-corrected chi connectivity index (χ3v) is 6.32. The van der Waals surface area contributed by atoms with Gasteiger partial charge in [-0.3, -0.25) is 4.79 Å². The van der Waals surface area contributed by atoms with E-state index in [1.165, 1.54) is 0 Å². The third-order valence-electron chi connectivity index (χ3n) is 6.32. The third kappa shape index (κ3) is 7.45. The lowest BCUT2D eigenvalue weighted by Gasteiger charge is -2.29. The van der Waals surface area contributed by atoms with Crippen LogP contribution in [0.4, 0.5) is 4.79 Å². The summed E-state index contributed by atoms with van der Waals surface area (Å²) >= 11 is 0. The van der Waals surface area contributed by atoms with Crippen LogP contribution in [0.15, 0.2) is 66.7 Å². The van der Waals surface area contributed by atoms with E-state index in [1.54, 1.807) is 18.2 Å². The van der Waals surface area contributed by atoms with Crippen LogP contribution in [0, 0.1) is 0 Å². The normalized spacial score (nSPS) is 17.0. The lowest BCUT2D eigenvalue weighted by atomic mass is 9.91. The van der Waals surface area contributed by atoms with Gasteiger partial charge in [-0.05, 0) is 73.2 Å². The topological polar surface area (TPSA) is 149 Å². The van der Waals surface area contributed by atoms with Crippen LogP contribution >= 0.6 is 0 Å². The SMILES string of the molecule is NCc1ccc(Oc2cc(Oc3ccc(CN)cc3)cc(C(=O)NC3CCC(NC(=O)O)CC3)c2)cc1. The molecule has 0 aliphatic heterocycles. The van der Waals surface area contributed by atoms with Gasteiger partial charge in [0.15, 0.2) is 0 Å². The molecule has 1 aliphatic carbocycles. The predicted octanol–water partition coefficient (Wildman–Crippen LogP) is 4.50. The summed E-state index contributed by atoms with van der Waals surface area (Å²) in [5.74, 6) is 1.88. The van der Waals surface area contributed by atoms with Gasteiger partial charge in [0.25, 0.3) is 5.91 Å². The molecular weight excluding hydrogens is 472 g/mol. The summed E-state index contributed by atoms with van der Waals surface area (Å²) in [6.07, 6.45) is 1.71. The number of benzene rings is 3. The second-order valence-electron chi connectivity index (χ2n) is 9.06. The highest BCUT2D eigenvalue weighted by atomic mass is 16.5. The number of rotatable bonds is 9. The Balaban J connectivity index is 1.51. The fourth-order valence-electron chi connectivity index (χ4n) is 4.31. The number of ether oxygens (including phenoxy) is 2. The second kappa shape index (κ2) is 12.2. The van der Waals surface area contributed by atoms with Crippen molar-refractivity contribution in [1.29, 1.82) is 0 Å². The number of carbonyl (C=O) groups excluding carboxylic acids is 1. The number of carboxylic acid groups (broad SMARTS) is 1. The van der Waals surface area contributed by atoms with Crippen molar-refractivity contribution < 1.29 is 24.2 Å². The summed E-state index contributed by atoms with van der Waals surface area (Å²) in [5, 5.41) is 14.5. The molecule has 3 aromatic rings. The lowest BCUT2D eigenvalue weighted by Crippen LogP contribution is -2.43. The van der Waals surface area contributed by atoms with E-state index in [1.807, 2.05) is 48.5 Å². The molecule has 1 fully saturated rings. The Morgan fingerprint density at radius 2 is 1.14 bits per heavy atom. The van der Waals surface area contributed by atoms with Crippen molar-refractivity contribution in [3.8, 4) is 23.0 Å². The van der Waals surface area contributed by atoms with Crippen LogP contribution in [0.1, 0.15) is 47.2 Å². The van der Waals surface area contributed by atoms with E-state index in [0.29, 0.717) is 67.3 Å². The first kappa shape index (κ1) is 26.0. The average Bonchev–Trinajstić information content (AvgIpc) is 2.90. The van der Waals surface area contributed by atoms with E-state index >= 15 is 0 Å². The number of amides is 2. The van der Waals surface area contributed by atoms with Crippen molar-refractivity contribution in [2.24, 2.45) is 11.5 Å². The van der Waals surface area contributed by atoms with Crippen molar-refractivity contribution in [1.82, 2.24) is 10.6 Å². The standard InChI is InChI=1S/C28H32N4O5/c29-16-18-1-9-23(10-2-18)36-25-13-20(14-26(15-25)37-24-11-3-19(17-30)4-12-24)27(33)31-21-5-7-22(8-6-21)32-28(34)35/h1-4,9-15,21-22,32H,5-8,16-17,29-30H2,(H,31,33)(H,34,35). The van der Waals surface area contributed by atoms with Gasteiger partial charge in [0.2, 0.25) is 0 Å². The summed E-state index contributed by atoms with van der Waals surface area (Å²) < 4.78 is 12.1. The van der Waals surface area contributed by atoms with E-state index < -0.39 is 6.09 Å². The summed E-state index contributed by atoms with van der Waals surface area (Å²) in [7, 11) is 0. The lowest BCUT2D eigenvalue weighted by molar-refractivity contribution is 0.0922. The van der Waals surface area contributed by atoms with Gasteiger partial charge in [0, 0.05) is 36.8 Å². The van der Waals surface area contributed by atoms with Gasteiger partial charge in [-0.1, -0.05) is 24.3 Å². The summed E-state index contributed by atoms with van der Waals surface area (Å²) in [5.41, 5.74) is 13.7. The van der Waals surface area contributed by atoms with Crippen molar-refractivity contribution in [2.45, 2.75) is 50.9 Å². The number of nitrogens with one attached hydrogen (secondary N) is 2. The van der Waals surface area contributed by atoms with Crippen LogP contribution in [0.25, 0.3) is 0 Å². The minimum Gasteiger partial charge on any atom is -0.465 e. The fourth-order valence-corrected chi connectivity index (χ4v) is 4.31. The molecule has 0 unspecified atom stereocenters. The molecule has 194 valence electrons. The molecule has 1 aliphatic rings. The maximum Gasteiger partial charge on any atom is 0.404 e. The smallest absolute Gasteiger partial charge is 0.404 e. The summed E-state index contributed by atoms with van der Waals surface area (Å²) in [4.78, 5) is 24.1. The molecule has 0 spiro atoms. The average molecular weight is 505 g/mol. The molecule has 2 amide bonds. The number of hydrogen-bond acceptors (Lipinski definition) is 6. The molecule has 9 heteroatoms. The van der Waals surface area contributed by atoms with E-state index in [9.17, 15) is 9.59 Å². The molecule has 1 saturated carbocycles. The molecular formula is C28H32N4O5. The molecule has 0 atom stereocenters. The highest BCUT2D eigenvalue weighted by molar-refractivity contribution is 5.95. The van der Waals surface area contributed by atoms with Crippen LogP contribution in [-0.2, 0) is 13.1 Å². The summed E-state index contributed by atoms with van der Waals surface area (Å²) in [6, 6.07) is 19.8. The molecule has 0 radical (unpaired) electrons. The molecule has 0 heterocycles. The van der Waals surface area contributed by atoms with Gasteiger partial charge in [0.1, 0.15) is 23.0 Å². The molecule has 9 nitrogen and oxygen atoms in total. The monoisotopic (exact) mass is 504 g/mol. The first-order chi connectivity index (χ1) is 17.9. The second-order valence-corrected chi connectivity index (χ2v) is 9.06. The van der Waals surface area contributed by atoms with Crippen LogP contribution < -0.4 is 31.6 Å². The highest BCUT2D eigenvalue weighted by Gasteiger charge is 2.24. The van der Waals surface area contributed by atoms with E-state index in [0.717, 1.165) is 11.1 Å². The fraction of sp³-hybridized carbons (Fsp3) is 0.286. The largest absolute Gasteiger partial charge is 0.465 e. The van der Waals surface area contributed by atoms with E-state index in [-0.39, 0.29) is 18.0 Å². The summed E-state index contributed by atoms with van der Waals surface area (Å²) in [6.45, 7) is 0.871. The number of carbonyl (C=O) groups is 2. The Bertz CT molecular complexity index is 1140. The Morgan fingerprint density at radius 3 is 1.54 bits per heavy atom. The molecule has 7 N–H and O–H groups in total. The minimum absolute atomic E-state index is 0.0408. The highest BCUT2D eigenvalue weighted by Crippen LogP contribution is 2.31. The van der Waals surface area contributed by atoms with Gasteiger partial charge >= 0.3 is 6.09 Å². The maximum atomic E-state index is 13.2. The van der Waals surface area contributed by atoms with E-state index in [4.69, 9.17) is 26.0 Å². The predicted molar refractivity (Wildman–Crippen MR) is 140 cm³/mol.